The number of nitrogens with zero attached hydrogens (tertiary/aromatic N) is 1. The summed E-state index contributed by atoms with van der Waals surface area (Å²) >= 11 is 3.53. The van der Waals surface area contributed by atoms with Crippen LogP contribution in [0.3, 0.4) is 0 Å². The molecule has 1 aliphatic rings. The van der Waals surface area contributed by atoms with Crippen LogP contribution in [-0.2, 0) is 11.3 Å². The van der Waals surface area contributed by atoms with Gasteiger partial charge in [-0.2, -0.15) is 0 Å². The zero-order valence-electron chi connectivity index (χ0n) is 9.90. The third-order valence-corrected chi connectivity index (χ3v) is 3.65. The fourth-order valence-electron chi connectivity index (χ4n) is 1.82. The van der Waals surface area contributed by atoms with E-state index in [0.717, 1.165) is 22.9 Å². The quantitative estimate of drug-likeness (QED) is 0.778. The smallest absolute Gasteiger partial charge is 0.246 e. The molecule has 1 saturated carbocycles. The standard InChI is InChI=1S/C14H16BrNO/c1-2-5-14(17)16(12-8-9-12)10-11-6-3-4-7-13(11)15/h2-7,12H,8-10H2,1H3. The van der Waals surface area contributed by atoms with Crippen molar-refractivity contribution in [2.75, 3.05) is 0 Å². The fourth-order valence-corrected chi connectivity index (χ4v) is 2.23. The van der Waals surface area contributed by atoms with Crippen LogP contribution in [0.5, 0.6) is 0 Å². The van der Waals surface area contributed by atoms with Crippen molar-refractivity contribution in [2.24, 2.45) is 0 Å². The molecular formula is C14H16BrNO. The summed E-state index contributed by atoms with van der Waals surface area (Å²) in [7, 11) is 0. The highest BCUT2D eigenvalue weighted by Crippen LogP contribution is 2.30. The maximum absolute atomic E-state index is 12.0. The Bertz CT molecular complexity index is 438. The Hall–Kier alpha value is -1.09. The average molecular weight is 294 g/mol. The van der Waals surface area contributed by atoms with Crippen molar-refractivity contribution in [1.82, 2.24) is 4.90 Å². The van der Waals surface area contributed by atoms with Crippen molar-refractivity contribution in [3.8, 4) is 0 Å². The molecule has 0 bridgehead atoms. The van der Waals surface area contributed by atoms with Gasteiger partial charge in [-0.1, -0.05) is 40.2 Å². The summed E-state index contributed by atoms with van der Waals surface area (Å²) in [5, 5.41) is 0. The van der Waals surface area contributed by atoms with E-state index < -0.39 is 0 Å². The van der Waals surface area contributed by atoms with Crippen molar-refractivity contribution in [1.29, 1.82) is 0 Å². The lowest BCUT2D eigenvalue weighted by Crippen LogP contribution is -2.31. The van der Waals surface area contributed by atoms with E-state index in [1.165, 1.54) is 0 Å². The van der Waals surface area contributed by atoms with Gasteiger partial charge in [0, 0.05) is 17.1 Å². The van der Waals surface area contributed by atoms with Crippen LogP contribution in [0.2, 0.25) is 0 Å². The molecule has 3 heteroatoms. The van der Waals surface area contributed by atoms with Gasteiger partial charge >= 0.3 is 0 Å². The first-order valence-electron chi connectivity index (χ1n) is 5.89. The van der Waals surface area contributed by atoms with Gasteiger partial charge in [0.2, 0.25) is 5.91 Å². The Morgan fingerprint density at radius 2 is 2.18 bits per heavy atom. The lowest BCUT2D eigenvalue weighted by Gasteiger charge is -2.21. The Morgan fingerprint density at radius 1 is 1.47 bits per heavy atom. The molecule has 0 aliphatic heterocycles. The number of carbonyl (C=O) groups is 1. The van der Waals surface area contributed by atoms with Gasteiger partial charge in [-0.25, -0.2) is 0 Å². The summed E-state index contributed by atoms with van der Waals surface area (Å²) < 4.78 is 1.07. The SMILES string of the molecule is CC=CC(=O)N(Cc1ccccc1Br)C1CC1. The molecule has 0 N–H and O–H groups in total. The van der Waals surface area contributed by atoms with Gasteiger partial charge in [-0.3, -0.25) is 4.79 Å². The number of hydrogen-bond donors (Lipinski definition) is 0. The Labute approximate surface area is 110 Å². The van der Waals surface area contributed by atoms with Gasteiger partial charge in [0.15, 0.2) is 0 Å². The molecule has 0 heterocycles. The monoisotopic (exact) mass is 293 g/mol. The largest absolute Gasteiger partial charge is 0.332 e. The highest BCUT2D eigenvalue weighted by molar-refractivity contribution is 9.10. The van der Waals surface area contributed by atoms with Gasteiger partial charge in [-0.05, 0) is 37.5 Å². The van der Waals surface area contributed by atoms with Crippen LogP contribution >= 0.6 is 15.9 Å². The van der Waals surface area contributed by atoms with Crippen LogP contribution in [-0.4, -0.2) is 16.8 Å². The lowest BCUT2D eigenvalue weighted by molar-refractivity contribution is -0.127. The first kappa shape index (κ1) is 12.4. The van der Waals surface area contributed by atoms with E-state index in [4.69, 9.17) is 0 Å². The highest BCUT2D eigenvalue weighted by Gasteiger charge is 2.31. The van der Waals surface area contributed by atoms with Gasteiger partial charge < -0.3 is 4.90 Å². The third-order valence-electron chi connectivity index (χ3n) is 2.88. The van der Waals surface area contributed by atoms with Gasteiger partial charge in [0.1, 0.15) is 0 Å². The number of carbonyl (C=O) groups excluding carboxylic acids is 1. The van der Waals surface area contributed by atoms with Gasteiger partial charge in [-0.15, -0.1) is 0 Å². The van der Waals surface area contributed by atoms with Crippen LogP contribution in [0, 0.1) is 0 Å². The summed E-state index contributed by atoms with van der Waals surface area (Å²) in [5.74, 6) is 0.116. The molecule has 2 nitrogen and oxygen atoms in total. The topological polar surface area (TPSA) is 20.3 Å². The number of benzene rings is 1. The zero-order chi connectivity index (χ0) is 12.3. The first-order chi connectivity index (χ1) is 8.22. The van der Waals surface area contributed by atoms with Crippen molar-refractivity contribution in [3.05, 3.63) is 46.5 Å². The number of amides is 1. The van der Waals surface area contributed by atoms with Crippen LogP contribution < -0.4 is 0 Å². The summed E-state index contributed by atoms with van der Waals surface area (Å²) in [4.78, 5) is 13.9. The predicted molar refractivity (Wildman–Crippen MR) is 72.5 cm³/mol. The molecule has 1 aromatic carbocycles. The van der Waals surface area contributed by atoms with Gasteiger partial charge in [0.25, 0.3) is 0 Å². The van der Waals surface area contributed by atoms with E-state index in [1.807, 2.05) is 30.0 Å². The van der Waals surface area contributed by atoms with E-state index in [1.54, 1.807) is 12.2 Å². The molecule has 1 fully saturated rings. The predicted octanol–water partition coefficient (Wildman–Crippen LogP) is 3.52. The second-order valence-electron chi connectivity index (χ2n) is 4.29. The average Bonchev–Trinajstić information content (AvgIpc) is 3.12. The van der Waals surface area contributed by atoms with Crippen LogP contribution in [0.15, 0.2) is 40.9 Å². The van der Waals surface area contributed by atoms with E-state index in [2.05, 4.69) is 22.0 Å². The summed E-state index contributed by atoms with van der Waals surface area (Å²) in [5.41, 5.74) is 1.16. The summed E-state index contributed by atoms with van der Waals surface area (Å²) in [6, 6.07) is 8.50. The van der Waals surface area contributed by atoms with Crippen molar-refractivity contribution < 1.29 is 4.79 Å². The number of rotatable bonds is 4. The normalized spacial score (nSPS) is 15.2. The third kappa shape index (κ3) is 3.19. The maximum atomic E-state index is 12.0. The lowest BCUT2D eigenvalue weighted by atomic mass is 10.2. The van der Waals surface area contributed by atoms with Crippen LogP contribution in [0.4, 0.5) is 0 Å². The number of hydrogen-bond acceptors (Lipinski definition) is 1. The molecule has 2 rings (SSSR count). The Kier molecular flexibility index (Phi) is 4.00. The van der Waals surface area contributed by atoms with E-state index >= 15 is 0 Å². The fraction of sp³-hybridized carbons (Fsp3) is 0.357. The summed E-state index contributed by atoms with van der Waals surface area (Å²) in [6.45, 7) is 2.57. The minimum atomic E-state index is 0.116. The Balaban J connectivity index is 2.13. The molecule has 0 atom stereocenters. The molecule has 90 valence electrons. The molecular weight excluding hydrogens is 278 g/mol. The Morgan fingerprint density at radius 3 is 2.76 bits per heavy atom. The molecule has 0 saturated heterocycles. The zero-order valence-corrected chi connectivity index (χ0v) is 11.5. The molecule has 0 radical (unpaired) electrons. The molecule has 1 aromatic rings. The van der Waals surface area contributed by atoms with Crippen LogP contribution in [0.25, 0.3) is 0 Å². The van der Waals surface area contributed by atoms with Crippen LogP contribution in [0.1, 0.15) is 25.3 Å². The van der Waals surface area contributed by atoms with Crippen molar-refractivity contribution in [2.45, 2.75) is 32.4 Å². The first-order valence-corrected chi connectivity index (χ1v) is 6.68. The molecule has 1 aliphatic carbocycles. The van der Waals surface area contributed by atoms with E-state index in [-0.39, 0.29) is 5.91 Å². The second kappa shape index (κ2) is 5.50. The maximum Gasteiger partial charge on any atom is 0.246 e. The van der Waals surface area contributed by atoms with E-state index in [9.17, 15) is 4.79 Å². The number of allylic oxidation sites excluding steroid dienone is 1. The van der Waals surface area contributed by atoms with Crippen molar-refractivity contribution in [3.63, 3.8) is 0 Å². The molecule has 0 spiro atoms. The highest BCUT2D eigenvalue weighted by atomic mass is 79.9. The van der Waals surface area contributed by atoms with Crippen molar-refractivity contribution >= 4 is 21.8 Å². The number of halogens is 1. The summed E-state index contributed by atoms with van der Waals surface area (Å²) in [6.07, 6.45) is 5.72. The molecule has 17 heavy (non-hydrogen) atoms. The second-order valence-corrected chi connectivity index (χ2v) is 5.14. The minimum Gasteiger partial charge on any atom is -0.332 e. The molecule has 0 unspecified atom stereocenters. The van der Waals surface area contributed by atoms with Gasteiger partial charge in [0.05, 0.1) is 0 Å². The molecule has 0 aromatic heterocycles. The minimum absolute atomic E-state index is 0.116. The van der Waals surface area contributed by atoms with E-state index in [0.29, 0.717) is 12.6 Å². The molecule has 1 amide bonds.